The minimum atomic E-state index is -4.29. The molecule has 1 amide bonds. The van der Waals surface area contributed by atoms with Gasteiger partial charge in [-0.3, -0.25) is 9.89 Å². The summed E-state index contributed by atoms with van der Waals surface area (Å²) in [6, 6.07) is 10.2. The molecule has 0 radical (unpaired) electrons. The van der Waals surface area contributed by atoms with Crippen LogP contribution in [0, 0.1) is 11.6 Å². The first-order valence-electron chi connectivity index (χ1n) is 14.6. The van der Waals surface area contributed by atoms with Crippen LogP contribution in [0.2, 0.25) is 0 Å². The van der Waals surface area contributed by atoms with E-state index in [1.807, 2.05) is 6.07 Å². The van der Waals surface area contributed by atoms with Crippen LogP contribution >= 0.6 is 0 Å². The number of carbonyl (C=O) groups excluding carboxylic acids is 1. The lowest BCUT2D eigenvalue weighted by Gasteiger charge is -2.37. The second-order valence-electron chi connectivity index (χ2n) is 11.1. The number of sulfone groups is 1. The Morgan fingerprint density at radius 2 is 1.73 bits per heavy atom. The second-order valence-corrected chi connectivity index (χ2v) is 13.0. The molecule has 0 atom stereocenters. The highest BCUT2D eigenvalue weighted by molar-refractivity contribution is 7.91. The number of halogens is 2. The van der Waals surface area contributed by atoms with E-state index in [0.29, 0.717) is 47.1 Å². The molecule has 232 valence electrons. The lowest BCUT2D eigenvalue weighted by atomic mass is 9.96. The predicted octanol–water partition coefficient (Wildman–Crippen LogP) is 4.17. The summed E-state index contributed by atoms with van der Waals surface area (Å²) in [7, 11) is -4.29. The van der Waals surface area contributed by atoms with E-state index in [2.05, 4.69) is 32.2 Å². The topological polar surface area (TPSA) is 134 Å². The Morgan fingerprint density at radius 3 is 2.39 bits per heavy atom. The molecule has 4 N–H and O–H groups in total. The number of nitrogens with one attached hydrogen (secondary N) is 2. The molecule has 2 fully saturated rings. The first kappa shape index (κ1) is 30.0. The lowest BCUT2D eigenvalue weighted by molar-refractivity contribution is 0.0904. The number of nitrogens with two attached hydrogens (primary N) is 1. The summed E-state index contributed by atoms with van der Waals surface area (Å²) in [5.41, 5.74) is 9.13. The van der Waals surface area contributed by atoms with Crippen LogP contribution in [0.4, 0.5) is 20.2 Å². The highest BCUT2D eigenvalue weighted by atomic mass is 32.2. The van der Waals surface area contributed by atoms with E-state index >= 15 is 0 Å². The lowest BCUT2D eigenvalue weighted by Crippen LogP contribution is -2.46. The van der Waals surface area contributed by atoms with Crippen molar-refractivity contribution in [2.45, 2.75) is 35.6 Å². The van der Waals surface area contributed by atoms with Crippen LogP contribution in [-0.4, -0.2) is 81.4 Å². The third-order valence-corrected chi connectivity index (χ3v) is 10.1. The van der Waals surface area contributed by atoms with Crippen LogP contribution in [0.25, 0.3) is 22.2 Å². The van der Waals surface area contributed by atoms with E-state index in [0.717, 1.165) is 63.4 Å². The molecule has 13 heteroatoms. The molecule has 0 bridgehead atoms. The largest absolute Gasteiger partial charge is 0.381 e. The minimum absolute atomic E-state index is 0.0109. The smallest absolute Gasteiger partial charge is 0.250 e. The SMILES string of the molecule is CCN1CCN(c2ccc(C(N)=O)c(NC3CCOCC3)c2-c2n[nH]c3ccc(S(=O)(=O)c4cc(F)cc(F)c4)cc23)CC1. The third-order valence-electron chi connectivity index (χ3n) is 8.41. The number of aromatic nitrogens is 2. The Balaban J connectivity index is 1.54. The number of hydrogen-bond donors (Lipinski definition) is 3. The van der Waals surface area contributed by atoms with Gasteiger partial charge in [-0.2, -0.15) is 5.10 Å². The van der Waals surface area contributed by atoms with Crippen molar-refractivity contribution in [3.8, 4) is 11.3 Å². The van der Waals surface area contributed by atoms with Gasteiger partial charge in [0.1, 0.15) is 17.3 Å². The molecule has 2 saturated heterocycles. The fourth-order valence-corrected chi connectivity index (χ4v) is 7.30. The van der Waals surface area contributed by atoms with Crippen molar-refractivity contribution in [3.05, 3.63) is 65.7 Å². The molecule has 0 unspecified atom stereocenters. The Hall–Kier alpha value is -4.07. The van der Waals surface area contributed by atoms with Crippen LogP contribution in [0.15, 0.2) is 58.3 Å². The third kappa shape index (κ3) is 5.74. The van der Waals surface area contributed by atoms with Crippen molar-refractivity contribution < 1.29 is 26.7 Å². The number of anilines is 2. The number of carbonyl (C=O) groups is 1. The van der Waals surface area contributed by atoms with Crippen LogP contribution in [0.5, 0.6) is 0 Å². The number of rotatable bonds is 8. The van der Waals surface area contributed by atoms with Gasteiger partial charge < -0.3 is 25.6 Å². The van der Waals surface area contributed by atoms with Gasteiger partial charge in [-0.05, 0) is 61.9 Å². The van der Waals surface area contributed by atoms with E-state index in [4.69, 9.17) is 10.5 Å². The number of likely N-dealkylation sites (N-methyl/N-ethyl adjacent to an activating group) is 1. The summed E-state index contributed by atoms with van der Waals surface area (Å²) in [6.07, 6.45) is 1.45. The molecule has 3 aromatic carbocycles. The summed E-state index contributed by atoms with van der Waals surface area (Å²) in [5.74, 6) is -2.60. The number of piperazine rings is 1. The number of fused-ring (bicyclic) bond motifs is 1. The van der Waals surface area contributed by atoms with Gasteiger partial charge >= 0.3 is 0 Å². The van der Waals surface area contributed by atoms with Crippen molar-refractivity contribution in [2.24, 2.45) is 5.73 Å². The Kier molecular flexibility index (Phi) is 8.27. The molecule has 3 heterocycles. The molecule has 0 aliphatic carbocycles. The maximum atomic E-state index is 14.0. The van der Waals surface area contributed by atoms with Crippen LogP contribution in [0.3, 0.4) is 0 Å². The monoisotopic (exact) mass is 624 g/mol. The average molecular weight is 625 g/mol. The summed E-state index contributed by atoms with van der Waals surface area (Å²) >= 11 is 0. The van der Waals surface area contributed by atoms with Gasteiger partial charge in [-0.1, -0.05) is 6.92 Å². The van der Waals surface area contributed by atoms with Gasteiger partial charge in [0.05, 0.1) is 32.1 Å². The Labute approximate surface area is 254 Å². The molecule has 6 rings (SSSR count). The molecule has 4 aromatic rings. The minimum Gasteiger partial charge on any atom is -0.381 e. The maximum absolute atomic E-state index is 14.0. The zero-order valence-corrected chi connectivity index (χ0v) is 25.1. The molecule has 2 aliphatic heterocycles. The van der Waals surface area contributed by atoms with Gasteiger partial charge in [0.2, 0.25) is 9.84 Å². The van der Waals surface area contributed by atoms with Gasteiger partial charge in [0.25, 0.3) is 5.91 Å². The number of benzene rings is 3. The van der Waals surface area contributed by atoms with E-state index in [9.17, 15) is 22.0 Å². The predicted molar refractivity (Wildman–Crippen MR) is 164 cm³/mol. The zero-order chi connectivity index (χ0) is 31.0. The van der Waals surface area contributed by atoms with Gasteiger partial charge in [0.15, 0.2) is 0 Å². The number of nitrogens with zero attached hydrogens (tertiary/aromatic N) is 3. The molecule has 44 heavy (non-hydrogen) atoms. The van der Waals surface area contributed by atoms with E-state index in [1.165, 1.54) is 12.1 Å². The van der Waals surface area contributed by atoms with Gasteiger partial charge in [-0.15, -0.1) is 0 Å². The van der Waals surface area contributed by atoms with E-state index in [1.54, 1.807) is 12.1 Å². The van der Waals surface area contributed by atoms with Crippen LogP contribution < -0.4 is 16.0 Å². The fourth-order valence-electron chi connectivity index (χ4n) is 5.97. The molecule has 0 saturated carbocycles. The fraction of sp³-hybridized carbons (Fsp3) is 0.355. The van der Waals surface area contributed by atoms with Crippen LogP contribution in [-0.2, 0) is 14.6 Å². The van der Waals surface area contributed by atoms with E-state index in [-0.39, 0.29) is 16.5 Å². The summed E-state index contributed by atoms with van der Waals surface area (Å²) in [4.78, 5) is 16.7. The van der Waals surface area contributed by atoms with Crippen molar-refractivity contribution in [2.75, 3.05) is 56.2 Å². The first-order chi connectivity index (χ1) is 21.2. The number of H-pyrrole nitrogens is 1. The summed E-state index contributed by atoms with van der Waals surface area (Å²) in [5, 5.41) is 11.7. The molecule has 2 aliphatic rings. The van der Waals surface area contributed by atoms with Gasteiger partial charge in [0, 0.05) is 62.6 Å². The summed E-state index contributed by atoms with van der Waals surface area (Å²) in [6.45, 7) is 7.39. The van der Waals surface area contributed by atoms with E-state index < -0.39 is 32.3 Å². The first-order valence-corrected chi connectivity index (χ1v) is 16.1. The molecular formula is C31H34F2N6O4S. The number of hydrogen-bond acceptors (Lipinski definition) is 8. The highest BCUT2D eigenvalue weighted by Gasteiger charge is 2.29. The number of amides is 1. The standard InChI is InChI=1S/C31H34F2N6O4S/c1-2-38-9-11-39(12-10-38)27-6-4-24(31(34)40)29(35-21-7-13-43-14-8-21)28(27)30-25-18-22(3-5-26(25)36-37-30)44(41,42)23-16-19(32)15-20(33)17-23/h3-6,15-18,21,35H,2,7-14H2,1H3,(H2,34,40)(H,36,37). The molecule has 1 aromatic heterocycles. The zero-order valence-electron chi connectivity index (χ0n) is 24.3. The maximum Gasteiger partial charge on any atom is 0.250 e. The van der Waals surface area contributed by atoms with Crippen molar-refractivity contribution in [3.63, 3.8) is 0 Å². The highest BCUT2D eigenvalue weighted by Crippen LogP contribution is 2.43. The van der Waals surface area contributed by atoms with Crippen LogP contribution in [0.1, 0.15) is 30.1 Å². The van der Waals surface area contributed by atoms with Crippen molar-refractivity contribution in [1.29, 1.82) is 0 Å². The molecule has 0 spiro atoms. The number of ether oxygens (including phenoxy) is 1. The molecular weight excluding hydrogens is 590 g/mol. The molecule has 10 nitrogen and oxygen atoms in total. The van der Waals surface area contributed by atoms with Crippen molar-refractivity contribution >= 4 is 38.0 Å². The number of primary amides is 1. The number of aromatic amines is 1. The Morgan fingerprint density at radius 1 is 1.02 bits per heavy atom. The summed E-state index contributed by atoms with van der Waals surface area (Å²) < 4.78 is 60.6. The normalized spacial score (nSPS) is 16.8. The van der Waals surface area contributed by atoms with Crippen molar-refractivity contribution in [1.82, 2.24) is 15.1 Å². The second kappa shape index (κ2) is 12.1. The quantitative estimate of drug-likeness (QED) is 0.266. The van der Waals surface area contributed by atoms with Gasteiger partial charge in [-0.25, -0.2) is 17.2 Å². The average Bonchev–Trinajstić information content (AvgIpc) is 3.44. The Bertz CT molecular complexity index is 1800.